The van der Waals surface area contributed by atoms with E-state index in [1.54, 1.807) is 19.1 Å². The van der Waals surface area contributed by atoms with Gasteiger partial charge in [-0.1, -0.05) is 11.6 Å². The zero-order chi connectivity index (χ0) is 23.8. The van der Waals surface area contributed by atoms with E-state index >= 15 is 0 Å². The molecule has 3 heterocycles. The molecule has 172 valence electrons. The van der Waals surface area contributed by atoms with Gasteiger partial charge in [-0.05, 0) is 32.0 Å². The highest BCUT2D eigenvalue weighted by Crippen LogP contribution is 2.37. The molecule has 3 aromatic heterocycles. The Morgan fingerprint density at radius 3 is 2.73 bits per heavy atom. The summed E-state index contributed by atoms with van der Waals surface area (Å²) in [6.07, 6.45) is -1.86. The van der Waals surface area contributed by atoms with Crippen molar-refractivity contribution < 1.29 is 22.4 Å². The second-order valence-electron chi connectivity index (χ2n) is 6.98. The van der Waals surface area contributed by atoms with Gasteiger partial charge in [0.05, 0.1) is 22.2 Å². The van der Waals surface area contributed by atoms with Crippen LogP contribution in [0.15, 0.2) is 41.2 Å². The molecular weight excluding hydrogens is 463 g/mol. The van der Waals surface area contributed by atoms with E-state index in [2.05, 4.69) is 30.7 Å². The number of oxazole rings is 1. The number of carbonyl (C=O) groups excluding carboxylic acids is 1. The first-order valence-corrected chi connectivity index (χ1v) is 10.1. The molecule has 0 bridgehead atoms. The largest absolute Gasteiger partial charge is 0.423 e. The summed E-state index contributed by atoms with van der Waals surface area (Å²) in [6, 6.07) is 4.62. The molecule has 9 nitrogen and oxygen atoms in total. The third-order valence-corrected chi connectivity index (χ3v) is 4.96. The number of carbonyl (C=O) groups is 1. The summed E-state index contributed by atoms with van der Waals surface area (Å²) in [7, 11) is 0. The maximum absolute atomic E-state index is 13.1. The van der Waals surface area contributed by atoms with Gasteiger partial charge in [-0.3, -0.25) is 4.79 Å². The number of benzene rings is 1. The number of aromatic nitrogens is 5. The molecule has 0 saturated heterocycles. The van der Waals surface area contributed by atoms with Crippen LogP contribution in [-0.2, 0) is 6.18 Å². The van der Waals surface area contributed by atoms with Gasteiger partial charge in [0.1, 0.15) is 11.8 Å². The van der Waals surface area contributed by atoms with Crippen LogP contribution in [0.25, 0.3) is 16.9 Å². The third kappa shape index (κ3) is 4.60. The number of halogens is 4. The predicted molar refractivity (Wildman–Crippen MR) is 113 cm³/mol. The molecule has 4 aromatic rings. The third-order valence-electron chi connectivity index (χ3n) is 4.65. The van der Waals surface area contributed by atoms with Gasteiger partial charge in [-0.25, -0.2) is 9.97 Å². The van der Waals surface area contributed by atoms with Crippen LogP contribution in [0.2, 0.25) is 5.02 Å². The normalized spacial score (nSPS) is 12.7. The fourth-order valence-corrected chi connectivity index (χ4v) is 3.37. The lowest BCUT2D eigenvalue weighted by atomic mass is 10.2. The van der Waals surface area contributed by atoms with E-state index in [-0.39, 0.29) is 23.0 Å². The highest BCUT2D eigenvalue weighted by molar-refractivity contribution is 6.32. The van der Waals surface area contributed by atoms with Gasteiger partial charge in [0.2, 0.25) is 0 Å². The van der Waals surface area contributed by atoms with Crippen molar-refractivity contribution in [2.24, 2.45) is 0 Å². The summed E-state index contributed by atoms with van der Waals surface area (Å²) in [5.74, 6) is 0.614. The Hall–Kier alpha value is -3.67. The SMILES string of the molecule is CCNC(=O)c1ccc(-n2ncnc2C(C)Nc2nc3cc(C(F)(F)F)c(Cl)cc3o2)nc1. The Bertz CT molecular complexity index is 1300. The second-order valence-corrected chi connectivity index (χ2v) is 7.38. The molecule has 13 heteroatoms. The summed E-state index contributed by atoms with van der Waals surface area (Å²) in [5, 5.41) is 9.32. The van der Waals surface area contributed by atoms with Crippen LogP contribution in [0, 0.1) is 0 Å². The fraction of sp³-hybridized carbons (Fsp3) is 0.250. The van der Waals surface area contributed by atoms with E-state index in [1.165, 1.54) is 17.2 Å². The minimum Gasteiger partial charge on any atom is -0.423 e. The standard InChI is InChI=1S/C20H17ClF3N7O2/c1-3-25-18(32)11-4-5-16(26-8-11)31-17(27-9-28-31)10(2)29-19-30-14-6-12(20(22,23)24)13(21)7-15(14)33-19/h4-10H,3H2,1-2H3,(H,25,32)(H,29,30). The summed E-state index contributed by atoms with van der Waals surface area (Å²) in [6.45, 7) is 4.06. The Balaban J connectivity index is 1.57. The van der Waals surface area contributed by atoms with Crippen molar-refractivity contribution in [1.82, 2.24) is 30.0 Å². The first-order valence-electron chi connectivity index (χ1n) is 9.75. The number of amides is 1. The van der Waals surface area contributed by atoms with E-state index in [0.29, 0.717) is 23.8 Å². The molecule has 0 radical (unpaired) electrons. The van der Waals surface area contributed by atoms with Crippen molar-refractivity contribution in [3.8, 4) is 5.82 Å². The summed E-state index contributed by atoms with van der Waals surface area (Å²) in [5.41, 5.74) is -0.486. The lowest BCUT2D eigenvalue weighted by Crippen LogP contribution is -2.23. The molecule has 0 saturated carbocycles. The second kappa shape index (κ2) is 8.70. The Morgan fingerprint density at radius 2 is 2.06 bits per heavy atom. The molecule has 1 atom stereocenters. The number of rotatable bonds is 6. The highest BCUT2D eigenvalue weighted by atomic mass is 35.5. The zero-order valence-corrected chi connectivity index (χ0v) is 18.1. The van der Waals surface area contributed by atoms with Crippen molar-refractivity contribution >= 4 is 34.6 Å². The predicted octanol–water partition coefficient (Wildman–Crippen LogP) is 4.40. The molecule has 0 aliphatic heterocycles. The average molecular weight is 480 g/mol. The molecule has 0 aliphatic rings. The van der Waals surface area contributed by atoms with Crippen molar-refractivity contribution in [2.75, 3.05) is 11.9 Å². The van der Waals surface area contributed by atoms with Crippen LogP contribution in [0.5, 0.6) is 0 Å². The van der Waals surface area contributed by atoms with Gasteiger partial charge in [0.15, 0.2) is 17.2 Å². The van der Waals surface area contributed by atoms with Gasteiger partial charge in [0.25, 0.3) is 11.9 Å². The molecule has 1 amide bonds. The molecule has 0 aliphatic carbocycles. The van der Waals surface area contributed by atoms with E-state index in [0.717, 1.165) is 12.1 Å². The van der Waals surface area contributed by atoms with Gasteiger partial charge < -0.3 is 15.1 Å². The molecule has 2 N–H and O–H groups in total. The molecule has 0 spiro atoms. The Morgan fingerprint density at radius 1 is 1.27 bits per heavy atom. The quantitative estimate of drug-likeness (QED) is 0.421. The number of alkyl halides is 3. The lowest BCUT2D eigenvalue weighted by Gasteiger charge is -2.13. The van der Waals surface area contributed by atoms with Crippen molar-refractivity contribution in [2.45, 2.75) is 26.1 Å². The van der Waals surface area contributed by atoms with Crippen LogP contribution in [-0.4, -0.2) is 37.2 Å². The van der Waals surface area contributed by atoms with Gasteiger partial charge in [-0.2, -0.15) is 27.9 Å². The molecule has 0 fully saturated rings. The number of anilines is 1. The van der Waals surface area contributed by atoms with E-state index < -0.39 is 22.8 Å². The van der Waals surface area contributed by atoms with Crippen LogP contribution in [0.4, 0.5) is 19.2 Å². The van der Waals surface area contributed by atoms with Gasteiger partial charge in [0, 0.05) is 18.8 Å². The van der Waals surface area contributed by atoms with Crippen molar-refractivity contribution in [3.05, 3.63) is 58.8 Å². The van der Waals surface area contributed by atoms with E-state index in [4.69, 9.17) is 16.0 Å². The van der Waals surface area contributed by atoms with Crippen molar-refractivity contribution in [3.63, 3.8) is 0 Å². The van der Waals surface area contributed by atoms with Crippen molar-refractivity contribution in [1.29, 1.82) is 0 Å². The minimum absolute atomic E-state index is 0.00510. The number of fused-ring (bicyclic) bond motifs is 1. The molecular formula is C20H17ClF3N7O2. The van der Waals surface area contributed by atoms with Crippen LogP contribution in [0.3, 0.4) is 0 Å². The summed E-state index contributed by atoms with van der Waals surface area (Å²) < 4.78 is 46.2. The van der Waals surface area contributed by atoms with Crippen LogP contribution < -0.4 is 10.6 Å². The zero-order valence-electron chi connectivity index (χ0n) is 17.3. The molecule has 1 unspecified atom stereocenters. The van der Waals surface area contributed by atoms with Gasteiger partial charge in [-0.15, -0.1) is 0 Å². The van der Waals surface area contributed by atoms with E-state index in [1.807, 2.05) is 6.92 Å². The van der Waals surface area contributed by atoms with Crippen LogP contribution in [0.1, 0.15) is 41.6 Å². The Kier molecular flexibility index (Phi) is 5.93. The first kappa shape index (κ1) is 22.5. The van der Waals surface area contributed by atoms with E-state index in [9.17, 15) is 18.0 Å². The topological polar surface area (TPSA) is 111 Å². The molecule has 1 aromatic carbocycles. The minimum atomic E-state index is -4.61. The number of pyridine rings is 1. The lowest BCUT2D eigenvalue weighted by molar-refractivity contribution is -0.137. The summed E-state index contributed by atoms with van der Waals surface area (Å²) in [4.78, 5) is 24.5. The number of hydrogen-bond acceptors (Lipinski definition) is 7. The number of nitrogens with zero attached hydrogens (tertiary/aromatic N) is 5. The first-order chi connectivity index (χ1) is 15.7. The highest BCUT2D eigenvalue weighted by Gasteiger charge is 2.34. The van der Waals surface area contributed by atoms with Crippen LogP contribution >= 0.6 is 11.6 Å². The smallest absolute Gasteiger partial charge is 0.417 e. The molecule has 4 rings (SSSR count). The Labute approximate surface area is 190 Å². The fourth-order valence-electron chi connectivity index (χ4n) is 3.11. The molecule has 33 heavy (non-hydrogen) atoms. The maximum atomic E-state index is 13.1. The number of nitrogens with one attached hydrogen (secondary N) is 2. The number of hydrogen-bond donors (Lipinski definition) is 2. The van der Waals surface area contributed by atoms with Gasteiger partial charge >= 0.3 is 6.18 Å². The summed E-state index contributed by atoms with van der Waals surface area (Å²) >= 11 is 5.74. The maximum Gasteiger partial charge on any atom is 0.417 e. The monoisotopic (exact) mass is 479 g/mol. The average Bonchev–Trinajstić information content (AvgIpc) is 3.39.